The van der Waals surface area contributed by atoms with E-state index in [1.807, 2.05) is 52.0 Å². The minimum atomic E-state index is -0.596. The lowest BCUT2D eigenvalue weighted by atomic mass is 9.89. The van der Waals surface area contributed by atoms with Gasteiger partial charge in [-0.1, -0.05) is 45.0 Å². The number of urea groups is 1. The highest BCUT2D eigenvalue weighted by Crippen LogP contribution is 2.21. The first kappa shape index (κ1) is 18.9. The monoisotopic (exact) mass is 342 g/mol. The zero-order valence-electron chi connectivity index (χ0n) is 15.2. The summed E-state index contributed by atoms with van der Waals surface area (Å²) >= 11 is 0. The number of nitrogens with zero attached hydrogens (tertiary/aromatic N) is 2. The molecule has 1 aromatic heterocycles. The highest BCUT2D eigenvalue weighted by Gasteiger charge is 2.22. The van der Waals surface area contributed by atoms with Crippen LogP contribution in [0.3, 0.4) is 0 Å². The van der Waals surface area contributed by atoms with Crippen LogP contribution in [0.2, 0.25) is 0 Å². The van der Waals surface area contributed by atoms with Gasteiger partial charge in [0.25, 0.3) is 0 Å². The van der Waals surface area contributed by atoms with Crippen molar-refractivity contribution in [2.45, 2.75) is 39.8 Å². The summed E-state index contributed by atoms with van der Waals surface area (Å²) < 4.78 is 0. The average molecular weight is 342 g/mol. The van der Waals surface area contributed by atoms with Crippen LogP contribution < -0.4 is 10.6 Å². The van der Waals surface area contributed by atoms with E-state index in [0.29, 0.717) is 0 Å². The third-order valence-electron chi connectivity index (χ3n) is 4.11. The Morgan fingerprint density at radius 1 is 1.12 bits per heavy atom. The highest BCUT2D eigenvalue weighted by atomic mass is 16.3. The first-order chi connectivity index (χ1) is 11.8. The highest BCUT2D eigenvalue weighted by molar-refractivity contribution is 5.74. The summed E-state index contributed by atoms with van der Waals surface area (Å²) in [5.74, 6) is 0. The number of hydrogen-bond donors (Lipinski definition) is 3. The molecule has 134 valence electrons. The molecule has 0 aliphatic rings. The van der Waals surface area contributed by atoms with E-state index in [4.69, 9.17) is 0 Å². The fourth-order valence-corrected chi connectivity index (χ4v) is 2.24. The van der Waals surface area contributed by atoms with Crippen LogP contribution in [-0.2, 0) is 0 Å². The molecule has 0 radical (unpaired) electrons. The normalized spacial score (nSPS) is 13.8. The summed E-state index contributed by atoms with van der Waals surface area (Å²) in [5.41, 5.74) is 2.69. The van der Waals surface area contributed by atoms with Crippen LogP contribution in [0.1, 0.15) is 39.3 Å². The maximum absolute atomic E-state index is 12.0. The van der Waals surface area contributed by atoms with E-state index >= 15 is 0 Å². The van der Waals surface area contributed by atoms with Gasteiger partial charge in [-0.25, -0.2) is 14.8 Å². The Morgan fingerprint density at radius 2 is 1.72 bits per heavy atom. The number of amides is 2. The van der Waals surface area contributed by atoms with Gasteiger partial charge in [0.05, 0.1) is 12.1 Å². The maximum Gasteiger partial charge on any atom is 0.315 e. The topological polar surface area (TPSA) is 87.1 Å². The van der Waals surface area contributed by atoms with E-state index in [9.17, 15) is 9.90 Å². The van der Waals surface area contributed by atoms with Gasteiger partial charge in [0.2, 0.25) is 0 Å². The molecule has 1 aromatic carbocycles. The van der Waals surface area contributed by atoms with E-state index in [1.54, 1.807) is 12.4 Å². The van der Waals surface area contributed by atoms with Gasteiger partial charge in [0.15, 0.2) is 0 Å². The van der Waals surface area contributed by atoms with E-state index in [0.717, 1.165) is 16.7 Å². The quantitative estimate of drug-likeness (QED) is 0.780. The van der Waals surface area contributed by atoms with Gasteiger partial charge in [-0.2, -0.15) is 0 Å². The lowest BCUT2D eigenvalue weighted by Gasteiger charge is -2.26. The zero-order chi connectivity index (χ0) is 18.4. The van der Waals surface area contributed by atoms with Crippen molar-refractivity contribution < 1.29 is 9.90 Å². The molecule has 2 atom stereocenters. The molecule has 1 heterocycles. The largest absolute Gasteiger partial charge is 0.391 e. The van der Waals surface area contributed by atoms with Crippen molar-refractivity contribution in [2.24, 2.45) is 5.41 Å². The SMILES string of the molecule is CC(NC(=O)NCC(O)C(C)(C)C)c1ccc(-c2cncnc2)cc1. The molecule has 0 aliphatic heterocycles. The van der Waals surface area contributed by atoms with Crippen molar-refractivity contribution in [3.05, 3.63) is 48.5 Å². The molecule has 0 saturated carbocycles. The van der Waals surface area contributed by atoms with Crippen molar-refractivity contribution in [2.75, 3.05) is 6.54 Å². The molecule has 3 N–H and O–H groups in total. The number of carbonyl (C=O) groups excluding carboxylic acids is 1. The second-order valence-corrected chi connectivity index (χ2v) is 7.21. The summed E-state index contributed by atoms with van der Waals surface area (Å²) in [6.07, 6.45) is 4.43. The van der Waals surface area contributed by atoms with Gasteiger partial charge in [-0.3, -0.25) is 0 Å². The molecule has 0 aliphatic carbocycles. The van der Waals surface area contributed by atoms with Crippen molar-refractivity contribution in [3.63, 3.8) is 0 Å². The molecule has 2 unspecified atom stereocenters. The van der Waals surface area contributed by atoms with E-state index in [-0.39, 0.29) is 24.0 Å². The number of carbonyl (C=O) groups is 1. The number of hydrogen-bond acceptors (Lipinski definition) is 4. The van der Waals surface area contributed by atoms with Gasteiger partial charge in [0.1, 0.15) is 6.33 Å². The third kappa shape index (κ3) is 5.53. The van der Waals surface area contributed by atoms with Crippen LogP contribution in [0.25, 0.3) is 11.1 Å². The van der Waals surface area contributed by atoms with Crippen molar-refractivity contribution in [3.8, 4) is 11.1 Å². The van der Waals surface area contributed by atoms with Crippen LogP contribution in [0.5, 0.6) is 0 Å². The van der Waals surface area contributed by atoms with Crippen LogP contribution in [-0.4, -0.2) is 33.8 Å². The Labute approximate surface area is 148 Å². The predicted molar refractivity (Wildman–Crippen MR) is 97.9 cm³/mol. The molecule has 2 amide bonds. The Bertz CT molecular complexity index is 681. The Balaban J connectivity index is 1.90. The smallest absolute Gasteiger partial charge is 0.315 e. The average Bonchev–Trinajstić information content (AvgIpc) is 2.59. The predicted octanol–water partition coefficient (Wildman–Crippen LogP) is 2.91. The van der Waals surface area contributed by atoms with Crippen molar-refractivity contribution in [1.29, 1.82) is 0 Å². The number of benzene rings is 1. The maximum atomic E-state index is 12.0. The van der Waals surface area contributed by atoms with Gasteiger partial charge >= 0.3 is 6.03 Å². The first-order valence-corrected chi connectivity index (χ1v) is 8.35. The second kappa shape index (κ2) is 8.07. The van der Waals surface area contributed by atoms with Gasteiger partial charge < -0.3 is 15.7 Å². The van der Waals surface area contributed by atoms with Gasteiger partial charge in [-0.05, 0) is 23.5 Å². The Kier molecular flexibility index (Phi) is 6.09. The molecule has 2 rings (SSSR count). The minimum absolute atomic E-state index is 0.146. The molecule has 0 spiro atoms. The number of nitrogens with one attached hydrogen (secondary N) is 2. The van der Waals surface area contributed by atoms with E-state index in [1.165, 1.54) is 6.33 Å². The standard InChI is InChI=1S/C19H26N4O2/c1-13(23-18(25)22-11-17(24)19(2,3)4)14-5-7-15(8-6-14)16-9-20-12-21-10-16/h5-10,12-13,17,24H,11H2,1-4H3,(H2,22,23,25). The van der Waals surface area contributed by atoms with Crippen LogP contribution in [0.15, 0.2) is 43.0 Å². The molecule has 6 nitrogen and oxygen atoms in total. The van der Waals surface area contributed by atoms with E-state index in [2.05, 4.69) is 20.6 Å². The number of rotatable bonds is 5. The third-order valence-corrected chi connectivity index (χ3v) is 4.11. The lowest BCUT2D eigenvalue weighted by Crippen LogP contribution is -2.44. The molecule has 0 fully saturated rings. The summed E-state index contributed by atoms with van der Waals surface area (Å²) in [5, 5.41) is 15.6. The summed E-state index contributed by atoms with van der Waals surface area (Å²) in [7, 11) is 0. The molecular weight excluding hydrogens is 316 g/mol. The van der Waals surface area contributed by atoms with Crippen LogP contribution >= 0.6 is 0 Å². The van der Waals surface area contributed by atoms with Crippen molar-refractivity contribution in [1.82, 2.24) is 20.6 Å². The molecule has 0 bridgehead atoms. The minimum Gasteiger partial charge on any atom is -0.391 e. The molecule has 0 saturated heterocycles. The second-order valence-electron chi connectivity index (χ2n) is 7.21. The first-order valence-electron chi connectivity index (χ1n) is 8.35. The van der Waals surface area contributed by atoms with Crippen molar-refractivity contribution >= 4 is 6.03 Å². The lowest BCUT2D eigenvalue weighted by molar-refractivity contribution is 0.0649. The molecule has 25 heavy (non-hydrogen) atoms. The van der Waals surface area contributed by atoms with E-state index < -0.39 is 6.10 Å². The number of aromatic nitrogens is 2. The molecular formula is C19H26N4O2. The summed E-state index contributed by atoms with van der Waals surface area (Å²) in [4.78, 5) is 20.0. The Hall–Kier alpha value is -2.47. The summed E-state index contributed by atoms with van der Waals surface area (Å²) in [6.45, 7) is 7.92. The molecule has 2 aromatic rings. The number of aliphatic hydroxyl groups is 1. The zero-order valence-corrected chi connectivity index (χ0v) is 15.2. The van der Waals surface area contributed by atoms with Crippen LogP contribution in [0, 0.1) is 5.41 Å². The van der Waals surface area contributed by atoms with Crippen LogP contribution in [0.4, 0.5) is 4.79 Å². The fraction of sp³-hybridized carbons (Fsp3) is 0.421. The van der Waals surface area contributed by atoms with Gasteiger partial charge in [-0.15, -0.1) is 0 Å². The summed E-state index contributed by atoms with van der Waals surface area (Å²) in [6, 6.07) is 7.46. The molecule has 6 heteroatoms. The fourth-order valence-electron chi connectivity index (χ4n) is 2.24. The Morgan fingerprint density at radius 3 is 2.28 bits per heavy atom. The number of aliphatic hydroxyl groups excluding tert-OH is 1. The van der Waals surface area contributed by atoms with Gasteiger partial charge in [0, 0.05) is 24.5 Å².